The van der Waals surface area contributed by atoms with Crippen molar-refractivity contribution < 1.29 is 4.79 Å². The molecule has 2 N–H and O–H groups in total. The summed E-state index contributed by atoms with van der Waals surface area (Å²) < 4.78 is 0. The molecule has 0 atom stereocenters. The van der Waals surface area contributed by atoms with Gasteiger partial charge in [-0.05, 0) is 30.7 Å². The van der Waals surface area contributed by atoms with Crippen molar-refractivity contribution in [3.05, 3.63) is 48.4 Å². The maximum Gasteiger partial charge on any atom is 0.317 e. The molecule has 4 heterocycles. The van der Waals surface area contributed by atoms with Crippen LogP contribution in [0.3, 0.4) is 0 Å². The Morgan fingerprint density at radius 2 is 2.15 bits per heavy atom. The highest BCUT2D eigenvalue weighted by atomic mass is 32.1. The van der Waals surface area contributed by atoms with E-state index in [2.05, 4.69) is 43.8 Å². The maximum absolute atomic E-state index is 11.6. The Kier molecular flexibility index (Phi) is 4.97. The number of aryl methyl sites for hydroxylation is 1. The molecule has 4 rings (SSSR count). The lowest BCUT2D eigenvalue weighted by atomic mass is 10.2. The van der Waals surface area contributed by atoms with Gasteiger partial charge in [-0.15, -0.1) is 11.3 Å². The highest BCUT2D eigenvalue weighted by Crippen LogP contribution is 2.34. The number of nitrogens with one attached hydrogen (secondary N) is 2. The van der Waals surface area contributed by atoms with Crippen LogP contribution in [0.5, 0.6) is 0 Å². The minimum Gasteiger partial charge on any atom is -0.352 e. The molecule has 1 aliphatic rings. The van der Waals surface area contributed by atoms with Gasteiger partial charge in [-0.25, -0.2) is 14.8 Å². The van der Waals surface area contributed by atoms with E-state index in [-0.39, 0.29) is 6.03 Å². The monoisotopic (exact) mass is 380 g/mol. The number of rotatable bonds is 6. The first-order chi connectivity index (χ1) is 13.2. The summed E-state index contributed by atoms with van der Waals surface area (Å²) in [5.74, 6) is 0.575. The van der Waals surface area contributed by atoms with Crippen LogP contribution >= 0.6 is 11.3 Å². The van der Waals surface area contributed by atoms with Crippen LogP contribution < -0.4 is 10.6 Å². The van der Waals surface area contributed by atoms with Gasteiger partial charge >= 0.3 is 6.03 Å². The second-order valence-corrected chi connectivity index (χ2v) is 7.36. The van der Waals surface area contributed by atoms with Crippen LogP contribution in [-0.4, -0.2) is 52.1 Å². The number of carbonyl (C=O) groups excluding carboxylic acids is 1. The van der Waals surface area contributed by atoms with Gasteiger partial charge in [-0.1, -0.05) is 6.07 Å². The molecule has 3 aromatic heterocycles. The molecule has 7 nitrogen and oxygen atoms in total. The first-order valence-electron chi connectivity index (χ1n) is 8.81. The average Bonchev–Trinajstić information content (AvgIpc) is 3.33. The molecule has 2 amide bonds. The highest BCUT2D eigenvalue weighted by molar-refractivity contribution is 7.18. The quantitative estimate of drug-likeness (QED) is 0.687. The summed E-state index contributed by atoms with van der Waals surface area (Å²) in [6.07, 6.45) is 5.47. The average molecular weight is 380 g/mol. The summed E-state index contributed by atoms with van der Waals surface area (Å²) in [4.78, 5) is 28.8. The van der Waals surface area contributed by atoms with E-state index in [4.69, 9.17) is 0 Å². The Morgan fingerprint density at radius 3 is 2.93 bits per heavy atom. The standard InChI is InChI=1S/C19H20N6OS/c1-13-11-23-18(21-7-9-25-10-8-22-19(25)26)24-17(13)16-5-4-15(27-16)14-3-2-6-20-12-14/h2-6,11-12H,7-10H2,1H3,(H,22,26)(H,21,23,24). The topological polar surface area (TPSA) is 83.0 Å². The molecule has 1 saturated heterocycles. The summed E-state index contributed by atoms with van der Waals surface area (Å²) in [5.41, 5.74) is 3.05. The molecule has 0 spiro atoms. The smallest absolute Gasteiger partial charge is 0.317 e. The van der Waals surface area contributed by atoms with Gasteiger partial charge in [-0.3, -0.25) is 4.98 Å². The number of pyridine rings is 1. The van der Waals surface area contributed by atoms with Crippen molar-refractivity contribution in [2.45, 2.75) is 6.92 Å². The van der Waals surface area contributed by atoms with Crippen molar-refractivity contribution in [2.75, 3.05) is 31.5 Å². The van der Waals surface area contributed by atoms with Gasteiger partial charge in [0.25, 0.3) is 0 Å². The second-order valence-electron chi connectivity index (χ2n) is 6.28. The molecule has 27 heavy (non-hydrogen) atoms. The summed E-state index contributed by atoms with van der Waals surface area (Å²) in [7, 11) is 0. The molecule has 0 unspecified atom stereocenters. The Balaban J connectivity index is 1.47. The van der Waals surface area contributed by atoms with E-state index in [1.165, 1.54) is 0 Å². The number of nitrogens with zero attached hydrogens (tertiary/aromatic N) is 4. The number of urea groups is 1. The molecule has 0 bridgehead atoms. The number of hydrogen-bond donors (Lipinski definition) is 2. The van der Waals surface area contributed by atoms with Crippen molar-refractivity contribution in [3.63, 3.8) is 0 Å². The van der Waals surface area contributed by atoms with Crippen molar-refractivity contribution in [2.24, 2.45) is 0 Å². The van der Waals surface area contributed by atoms with Gasteiger partial charge < -0.3 is 15.5 Å². The van der Waals surface area contributed by atoms with Crippen molar-refractivity contribution in [3.8, 4) is 21.0 Å². The van der Waals surface area contributed by atoms with Gasteiger partial charge in [0.1, 0.15) is 0 Å². The fourth-order valence-corrected chi connectivity index (χ4v) is 3.98. The highest BCUT2D eigenvalue weighted by Gasteiger charge is 2.18. The Morgan fingerprint density at radius 1 is 1.26 bits per heavy atom. The number of carbonyl (C=O) groups is 1. The van der Waals surface area contributed by atoms with Gasteiger partial charge in [0.15, 0.2) is 0 Å². The molecular formula is C19H20N6OS. The van der Waals surface area contributed by atoms with E-state index < -0.39 is 0 Å². The number of hydrogen-bond acceptors (Lipinski definition) is 6. The predicted octanol–water partition coefficient (Wildman–Crippen LogP) is 3.01. The Hall–Kier alpha value is -3.00. The van der Waals surface area contributed by atoms with Gasteiger partial charge in [0.05, 0.1) is 10.6 Å². The van der Waals surface area contributed by atoms with Crippen LogP contribution in [0, 0.1) is 6.92 Å². The molecule has 138 valence electrons. The van der Waals surface area contributed by atoms with Gasteiger partial charge in [0, 0.05) is 55.2 Å². The zero-order chi connectivity index (χ0) is 18.6. The first kappa shape index (κ1) is 17.4. The lowest BCUT2D eigenvalue weighted by Gasteiger charge is -2.14. The van der Waals surface area contributed by atoms with Gasteiger partial charge in [-0.2, -0.15) is 0 Å². The van der Waals surface area contributed by atoms with Crippen LogP contribution in [0.15, 0.2) is 42.9 Å². The Labute approximate surface area is 161 Å². The normalized spacial score (nSPS) is 13.7. The summed E-state index contributed by atoms with van der Waals surface area (Å²) in [5, 5.41) is 6.02. The maximum atomic E-state index is 11.6. The predicted molar refractivity (Wildman–Crippen MR) is 107 cm³/mol. The number of anilines is 1. The van der Waals surface area contributed by atoms with E-state index in [0.717, 1.165) is 33.1 Å². The van der Waals surface area contributed by atoms with Crippen molar-refractivity contribution in [1.29, 1.82) is 0 Å². The molecule has 0 radical (unpaired) electrons. The van der Waals surface area contributed by atoms with Gasteiger partial charge in [0.2, 0.25) is 5.95 Å². The molecular weight excluding hydrogens is 360 g/mol. The van der Waals surface area contributed by atoms with E-state index in [9.17, 15) is 4.79 Å². The molecule has 8 heteroatoms. The molecule has 0 aliphatic carbocycles. The lowest BCUT2D eigenvalue weighted by molar-refractivity contribution is 0.219. The third kappa shape index (κ3) is 3.90. The third-order valence-electron chi connectivity index (χ3n) is 4.37. The van der Waals surface area contributed by atoms with E-state index in [1.54, 1.807) is 22.4 Å². The van der Waals surface area contributed by atoms with Crippen LogP contribution in [0.25, 0.3) is 21.0 Å². The van der Waals surface area contributed by atoms with Crippen LogP contribution in [0.4, 0.5) is 10.7 Å². The number of amides is 2. The fraction of sp³-hybridized carbons (Fsp3) is 0.263. The molecule has 1 aliphatic heterocycles. The molecule has 0 aromatic carbocycles. The number of thiophene rings is 1. The summed E-state index contributed by atoms with van der Waals surface area (Å²) in [6.45, 7) is 4.70. The molecule has 0 saturated carbocycles. The third-order valence-corrected chi connectivity index (χ3v) is 5.51. The van der Waals surface area contributed by atoms with Crippen LogP contribution in [0.2, 0.25) is 0 Å². The van der Waals surface area contributed by atoms with E-state index >= 15 is 0 Å². The zero-order valence-electron chi connectivity index (χ0n) is 15.0. The van der Waals surface area contributed by atoms with E-state index in [1.807, 2.05) is 25.4 Å². The number of aromatic nitrogens is 3. The van der Waals surface area contributed by atoms with Crippen molar-refractivity contribution >= 4 is 23.3 Å². The van der Waals surface area contributed by atoms with E-state index in [0.29, 0.717) is 25.6 Å². The lowest BCUT2D eigenvalue weighted by Crippen LogP contribution is -2.32. The minimum atomic E-state index is -0.0103. The first-order valence-corrected chi connectivity index (χ1v) is 9.63. The minimum absolute atomic E-state index is 0.0103. The molecule has 3 aromatic rings. The summed E-state index contributed by atoms with van der Waals surface area (Å²) in [6, 6.07) is 8.16. The Bertz CT molecular complexity index is 942. The second kappa shape index (κ2) is 7.71. The SMILES string of the molecule is Cc1cnc(NCCN2CCNC2=O)nc1-c1ccc(-c2cccnc2)s1. The fourth-order valence-electron chi connectivity index (χ4n) is 2.93. The van der Waals surface area contributed by atoms with Crippen LogP contribution in [0.1, 0.15) is 5.56 Å². The molecule has 1 fully saturated rings. The largest absolute Gasteiger partial charge is 0.352 e. The van der Waals surface area contributed by atoms with Crippen molar-refractivity contribution in [1.82, 2.24) is 25.2 Å². The summed E-state index contributed by atoms with van der Waals surface area (Å²) >= 11 is 1.69. The zero-order valence-corrected chi connectivity index (χ0v) is 15.8. The van der Waals surface area contributed by atoms with Crippen LogP contribution in [-0.2, 0) is 0 Å².